The van der Waals surface area contributed by atoms with Crippen molar-refractivity contribution in [3.63, 3.8) is 0 Å². The number of fused-ring (bicyclic) bond motifs is 1. The maximum atomic E-state index is 12.6. The molecule has 29 heavy (non-hydrogen) atoms. The first-order chi connectivity index (χ1) is 13.7. The Morgan fingerprint density at radius 1 is 1.38 bits per heavy atom. The van der Waals surface area contributed by atoms with Crippen LogP contribution in [0.3, 0.4) is 0 Å². The lowest BCUT2D eigenvalue weighted by Crippen LogP contribution is -2.25. The van der Waals surface area contributed by atoms with Gasteiger partial charge in [0.25, 0.3) is 5.91 Å². The number of nitrogens with one attached hydrogen (secondary N) is 2. The smallest absolute Gasteiger partial charge is 0.275 e. The summed E-state index contributed by atoms with van der Waals surface area (Å²) in [6, 6.07) is 6.70. The fraction of sp³-hybridized carbons (Fsp3) is 0.333. The van der Waals surface area contributed by atoms with E-state index < -0.39 is 0 Å². The Labute approximate surface area is 173 Å². The zero-order valence-corrected chi connectivity index (χ0v) is 16.6. The highest BCUT2D eigenvalue weighted by Crippen LogP contribution is 2.19. The van der Waals surface area contributed by atoms with Crippen LogP contribution in [0.2, 0.25) is 0 Å². The highest BCUT2D eigenvalue weighted by molar-refractivity contribution is 6.02. The molecule has 1 atom stereocenters. The Hall–Kier alpha value is -2.95. The summed E-state index contributed by atoms with van der Waals surface area (Å²) in [5, 5.41) is 26.9. The average molecular weight is 417 g/mol. The first-order valence-corrected chi connectivity index (χ1v) is 9.01. The van der Waals surface area contributed by atoms with Gasteiger partial charge in [-0.2, -0.15) is 0 Å². The number of aliphatic hydroxyl groups is 1. The fourth-order valence-corrected chi connectivity index (χ4v) is 3.03. The SMILES string of the molecule is CC(CO)n1nnnc1-c1cccc(NC(=O)c2cc3c(cn2)CCNC3)n1.Cl. The molecule has 1 unspecified atom stereocenters. The molecule has 0 radical (unpaired) electrons. The van der Waals surface area contributed by atoms with Gasteiger partial charge in [-0.25, -0.2) is 9.67 Å². The molecule has 1 aliphatic heterocycles. The van der Waals surface area contributed by atoms with Gasteiger partial charge in [0.1, 0.15) is 17.2 Å². The van der Waals surface area contributed by atoms with Crippen molar-refractivity contribution in [3.05, 3.63) is 47.3 Å². The van der Waals surface area contributed by atoms with Gasteiger partial charge in [-0.1, -0.05) is 6.07 Å². The number of carbonyl (C=O) groups excluding carboxylic acids is 1. The van der Waals surface area contributed by atoms with E-state index in [9.17, 15) is 9.90 Å². The van der Waals surface area contributed by atoms with Crippen molar-refractivity contribution in [1.29, 1.82) is 0 Å². The Bertz CT molecular complexity index is 1010. The van der Waals surface area contributed by atoms with Gasteiger partial charge in [0, 0.05) is 12.7 Å². The third kappa shape index (κ3) is 4.39. The second-order valence-electron chi connectivity index (χ2n) is 6.61. The number of hydrogen-bond donors (Lipinski definition) is 3. The van der Waals surface area contributed by atoms with Gasteiger partial charge in [0.15, 0.2) is 0 Å². The molecule has 0 aliphatic carbocycles. The predicted molar refractivity (Wildman–Crippen MR) is 108 cm³/mol. The minimum Gasteiger partial charge on any atom is -0.394 e. The van der Waals surface area contributed by atoms with Crippen molar-refractivity contribution < 1.29 is 9.90 Å². The Balaban J connectivity index is 0.00000240. The molecule has 3 aromatic heterocycles. The molecule has 0 aromatic carbocycles. The monoisotopic (exact) mass is 416 g/mol. The van der Waals surface area contributed by atoms with E-state index in [-0.39, 0.29) is 31.0 Å². The minimum absolute atomic E-state index is 0. The summed E-state index contributed by atoms with van der Waals surface area (Å²) in [6.45, 7) is 3.35. The Morgan fingerprint density at radius 3 is 3.07 bits per heavy atom. The number of amides is 1. The molecule has 1 amide bonds. The number of carbonyl (C=O) groups is 1. The number of rotatable bonds is 5. The lowest BCUT2D eigenvalue weighted by Gasteiger charge is -2.17. The lowest BCUT2D eigenvalue weighted by molar-refractivity contribution is 0.102. The Kier molecular flexibility index (Phi) is 6.47. The molecule has 11 heteroatoms. The Morgan fingerprint density at radius 2 is 2.24 bits per heavy atom. The zero-order valence-electron chi connectivity index (χ0n) is 15.7. The number of hydrogen-bond acceptors (Lipinski definition) is 8. The van der Waals surface area contributed by atoms with Crippen molar-refractivity contribution in [1.82, 2.24) is 35.5 Å². The third-order valence-electron chi connectivity index (χ3n) is 4.60. The molecule has 0 saturated carbocycles. The lowest BCUT2D eigenvalue weighted by atomic mass is 10.0. The quantitative estimate of drug-likeness (QED) is 0.561. The molecule has 0 saturated heterocycles. The number of anilines is 1. The van der Waals surface area contributed by atoms with Gasteiger partial charge < -0.3 is 15.7 Å². The molecule has 152 valence electrons. The molecule has 4 rings (SSSR count). The summed E-state index contributed by atoms with van der Waals surface area (Å²) < 4.78 is 1.49. The highest BCUT2D eigenvalue weighted by atomic mass is 35.5. The van der Waals surface area contributed by atoms with Gasteiger partial charge in [-0.3, -0.25) is 9.78 Å². The third-order valence-corrected chi connectivity index (χ3v) is 4.60. The van der Waals surface area contributed by atoms with Crippen LogP contribution in [0, 0.1) is 0 Å². The van der Waals surface area contributed by atoms with Crippen LogP contribution >= 0.6 is 12.4 Å². The van der Waals surface area contributed by atoms with Gasteiger partial charge in [-0.15, -0.1) is 17.5 Å². The van der Waals surface area contributed by atoms with E-state index in [1.54, 1.807) is 31.3 Å². The minimum atomic E-state index is -0.332. The maximum absolute atomic E-state index is 12.6. The normalized spacial score (nSPS) is 13.9. The van der Waals surface area contributed by atoms with Crippen LogP contribution in [0.1, 0.15) is 34.6 Å². The number of nitrogens with zero attached hydrogens (tertiary/aromatic N) is 6. The van der Waals surface area contributed by atoms with E-state index >= 15 is 0 Å². The van der Waals surface area contributed by atoms with Crippen LogP contribution < -0.4 is 10.6 Å². The highest BCUT2D eigenvalue weighted by Gasteiger charge is 2.17. The molecule has 3 N–H and O–H groups in total. The van der Waals surface area contributed by atoms with Crippen molar-refractivity contribution >= 4 is 24.1 Å². The zero-order chi connectivity index (χ0) is 19.5. The summed E-state index contributed by atoms with van der Waals surface area (Å²) in [6.07, 6.45) is 2.67. The molecule has 0 bridgehead atoms. The number of tetrazole rings is 1. The van der Waals surface area contributed by atoms with E-state index in [2.05, 4.69) is 36.1 Å². The predicted octanol–water partition coefficient (Wildman–Crippen LogP) is 1.00. The number of aromatic nitrogens is 6. The fourth-order valence-electron chi connectivity index (χ4n) is 3.03. The summed E-state index contributed by atoms with van der Waals surface area (Å²) in [7, 11) is 0. The van der Waals surface area contributed by atoms with Crippen LogP contribution in [0.5, 0.6) is 0 Å². The molecule has 0 fully saturated rings. The van der Waals surface area contributed by atoms with Crippen molar-refractivity contribution in [2.24, 2.45) is 0 Å². The molecule has 10 nitrogen and oxygen atoms in total. The molecular weight excluding hydrogens is 396 g/mol. The van der Waals surface area contributed by atoms with Crippen molar-refractivity contribution in [2.75, 3.05) is 18.5 Å². The summed E-state index contributed by atoms with van der Waals surface area (Å²) in [5.74, 6) is 0.448. The van der Waals surface area contributed by atoms with E-state index in [0.717, 1.165) is 25.1 Å². The molecule has 0 spiro atoms. The van der Waals surface area contributed by atoms with E-state index in [0.29, 0.717) is 23.0 Å². The largest absolute Gasteiger partial charge is 0.394 e. The van der Waals surface area contributed by atoms with Gasteiger partial charge in [0.05, 0.1) is 12.6 Å². The standard InChI is InChI=1S/C18H20N8O2.ClH/c1-11(10-27)26-17(23-24-25-26)14-3-2-4-16(21-14)22-18(28)15-7-13-8-19-6-5-12(13)9-20-15;/h2-4,7,9,11,19,27H,5-6,8,10H2,1H3,(H,21,22,28);1H. The van der Waals surface area contributed by atoms with Crippen molar-refractivity contribution in [2.45, 2.75) is 25.9 Å². The summed E-state index contributed by atoms with van der Waals surface area (Å²) in [5.41, 5.74) is 3.09. The van der Waals surface area contributed by atoms with Crippen LogP contribution in [-0.4, -0.2) is 54.3 Å². The second-order valence-corrected chi connectivity index (χ2v) is 6.61. The number of aliphatic hydroxyl groups excluding tert-OH is 1. The molecular formula is C18H21ClN8O2. The van der Waals surface area contributed by atoms with Crippen LogP contribution in [0.15, 0.2) is 30.5 Å². The summed E-state index contributed by atoms with van der Waals surface area (Å²) >= 11 is 0. The molecule has 4 heterocycles. The maximum Gasteiger partial charge on any atom is 0.275 e. The molecule has 3 aromatic rings. The number of halogens is 1. The number of pyridine rings is 2. The van der Waals surface area contributed by atoms with Gasteiger partial charge in [0.2, 0.25) is 5.82 Å². The topological polar surface area (TPSA) is 131 Å². The van der Waals surface area contributed by atoms with E-state index in [1.807, 2.05) is 6.07 Å². The first-order valence-electron chi connectivity index (χ1n) is 9.01. The van der Waals surface area contributed by atoms with E-state index in [1.165, 1.54) is 10.2 Å². The van der Waals surface area contributed by atoms with E-state index in [4.69, 9.17) is 0 Å². The van der Waals surface area contributed by atoms with Crippen molar-refractivity contribution in [3.8, 4) is 11.5 Å². The summed E-state index contributed by atoms with van der Waals surface area (Å²) in [4.78, 5) is 21.3. The van der Waals surface area contributed by atoms with Gasteiger partial charge >= 0.3 is 0 Å². The van der Waals surface area contributed by atoms with Gasteiger partial charge in [-0.05, 0) is 59.6 Å². The van der Waals surface area contributed by atoms with Crippen LogP contribution in [0.4, 0.5) is 5.82 Å². The average Bonchev–Trinajstić information content (AvgIpc) is 3.23. The second kappa shape index (κ2) is 9.03. The molecule has 1 aliphatic rings. The van der Waals surface area contributed by atoms with Crippen LogP contribution in [0.25, 0.3) is 11.5 Å². The van der Waals surface area contributed by atoms with Crippen LogP contribution in [-0.2, 0) is 13.0 Å². The first kappa shape index (κ1) is 20.8.